The Morgan fingerprint density at radius 1 is 1.04 bits per heavy atom. The molecule has 0 aromatic heterocycles. The normalized spacial score (nSPS) is 17.1. The van der Waals surface area contributed by atoms with Crippen LogP contribution in [-0.2, 0) is 16.6 Å². The van der Waals surface area contributed by atoms with E-state index in [9.17, 15) is 13.2 Å². The Morgan fingerprint density at radius 3 is 2.30 bits per heavy atom. The molecule has 2 fully saturated rings. The molecule has 142 valence electrons. The first kappa shape index (κ1) is 18.7. The zero-order valence-corrected chi connectivity index (χ0v) is 17.2. The van der Waals surface area contributed by atoms with Crippen molar-refractivity contribution in [2.75, 3.05) is 0 Å². The second kappa shape index (κ2) is 7.37. The van der Waals surface area contributed by atoms with Crippen molar-refractivity contribution >= 4 is 31.9 Å². The first-order chi connectivity index (χ1) is 12.9. The van der Waals surface area contributed by atoms with Crippen LogP contribution in [0.2, 0.25) is 0 Å². The maximum atomic E-state index is 13.2. The minimum atomic E-state index is -3.59. The van der Waals surface area contributed by atoms with Crippen molar-refractivity contribution in [3.63, 3.8) is 0 Å². The number of amides is 1. The van der Waals surface area contributed by atoms with E-state index in [4.69, 9.17) is 0 Å². The predicted octanol–water partition coefficient (Wildman–Crippen LogP) is 3.69. The average molecular weight is 449 g/mol. The molecule has 0 bridgehead atoms. The van der Waals surface area contributed by atoms with E-state index >= 15 is 0 Å². The van der Waals surface area contributed by atoms with Crippen LogP contribution in [0, 0.1) is 0 Å². The third-order valence-corrected chi connectivity index (χ3v) is 7.75. The van der Waals surface area contributed by atoms with Crippen molar-refractivity contribution in [2.24, 2.45) is 0 Å². The van der Waals surface area contributed by atoms with Gasteiger partial charge in [0.05, 0.1) is 4.90 Å². The predicted molar refractivity (Wildman–Crippen MR) is 107 cm³/mol. The Labute approximate surface area is 167 Å². The van der Waals surface area contributed by atoms with E-state index in [0.29, 0.717) is 22.6 Å². The summed E-state index contributed by atoms with van der Waals surface area (Å²) in [5.41, 5.74) is 1.48. The van der Waals surface area contributed by atoms with Gasteiger partial charge in [0.2, 0.25) is 10.0 Å². The number of nitrogens with one attached hydrogen (secondary N) is 1. The molecule has 0 radical (unpaired) electrons. The van der Waals surface area contributed by atoms with Gasteiger partial charge in [-0.1, -0.05) is 24.3 Å². The molecule has 27 heavy (non-hydrogen) atoms. The number of benzene rings is 2. The summed E-state index contributed by atoms with van der Waals surface area (Å²) in [5, 5.41) is 2.96. The van der Waals surface area contributed by atoms with Crippen LogP contribution < -0.4 is 5.32 Å². The van der Waals surface area contributed by atoms with Gasteiger partial charge in [0, 0.05) is 28.7 Å². The van der Waals surface area contributed by atoms with Crippen molar-refractivity contribution in [1.82, 2.24) is 9.62 Å². The summed E-state index contributed by atoms with van der Waals surface area (Å²) in [5.74, 6) is -0.0658. The molecular formula is C20H21BrN2O3S. The first-order valence-corrected chi connectivity index (χ1v) is 11.3. The maximum Gasteiger partial charge on any atom is 0.251 e. The Hall–Kier alpha value is -1.70. The molecule has 0 spiro atoms. The Balaban J connectivity index is 1.53. The lowest BCUT2D eigenvalue weighted by atomic mass is 10.1. The van der Waals surface area contributed by atoms with Crippen LogP contribution >= 0.6 is 15.9 Å². The van der Waals surface area contributed by atoms with Crippen LogP contribution in [0.25, 0.3) is 0 Å². The van der Waals surface area contributed by atoms with Gasteiger partial charge in [-0.05, 0) is 71.4 Å². The molecule has 2 saturated carbocycles. The Bertz CT molecular complexity index is 951. The summed E-state index contributed by atoms with van der Waals surface area (Å²) in [6.45, 7) is 0.304. The minimum absolute atomic E-state index is 0.0416. The molecule has 5 nitrogen and oxygen atoms in total. The zero-order valence-electron chi connectivity index (χ0n) is 14.8. The Morgan fingerprint density at radius 2 is 1.70 bits per heavy atom. The number of carbonyl (C=O) groups is 1. The van der Waals surface area contributed by atoms with Gasteiger partial charge in [0.15, 0.2) is 0 Å². The number of hydrogen-bond acceptors (Lipinski definition) is 3. The van der Waals surface area contributed by atoms with Gasteiger partial charge in [-0.2, -0.15) is 4.31 Å². The van der Waals surface area contributed by atoms with Crippen LogP contribution in [0.5, 0.6) is 0 Å². The number of halogens is 1. The third-order valence-electron chi connectivity index (χ3n) is 4.84. The molecule has 0 atom stereocenters. The molecule has 4 rings (SSSR count). The number of sulfonamides is 1. The molecule has 0 unspecified atom stereocenters. The second-order valence-corrected chi connectivity index (χ2v) is 9.87. The van der Waals surface area contributed by atoms with E-state index in [-0.39, 0.29) is 16.8 Å². The van der Waals surface area contributed by atoms with Crippen molar-refractivity contribution in [1.29, 1.82) is 0 Å². The lowest BCUT2D eigenvalue weighted by Gasteiger charge is -2.23. The van der Waals surface area contributed by atoms with Crippen molar-refractivity contribution in [3.05, 3.63) is 64.1 Å². The molecule has 0 heterocycles. The van der Waals surface area contributed by atoms with Gasteiger partial charge in [0.1, 0.15) is 0 Å². The summed E-state index contributed by atoms with van der Waals surface area (Å²) in [7, 11) is -3.59. The van der Waals surface area contributed by atoms with E-state index in [2.05, 4.69) is 21.2 Å². The number of carbonyl (C=O) groups excluding carboxylic acids is 1. The molecule has 1 amide bonds. The topological polar surface area (TPSA) is 66.5 Å². The first-order valence-electron chi connectivity index (χ1n) is 9.11. The molecular weight excluding hydrogens is 428 g/mol. The molecule has 2 aliphatic carbocycles. The highest BCUT2D eigenvalue weighted by molar-refractivity contribution is 9.10. The zero-order chi connectivity index (χ0) is 19.0. The minimum Gasteiger partial charge on any atom is -0.349 e. The standard InChI is InChI=1S/C20H21BrN2O3S/c21-18-3-1-2-4-19(18)27(25,26)23(17-11-12-17)13-14-5-7-15(8-6-14)20(24)22-16-9-10-16/h1-8,16-17H,9-13H2,(H,22,24). The summed E-state index contributed by atoms with van der Waals surface area (Å²) in [6, 6.07) is 14.5. The van der Waals surface area contributed by atoms with Crippen molar-refractivity contribution in [3.8, 4) is 0 Å². The molecule has 1 N–H and O–H groups in total. The highest BCUT2D eigenvalue weighted by Crippen LogP contribution is 2.35. The van der Waals surface area contributed by atoms with Gasteiger partial charge >= 0.3 is 0 Å². The van der Waals surface area contributed by atoms with E-state index in [1.165, 1.54) is 0 Å². The molecule has 2 aliphatic rings. The summed E-state index contributed by atoms with van der Waals surface area (Å²) in [6.07, 6.45) is 3.86. The number of rotatable bonds is 7. The van der Waals surface area contributed by atoms with Crippen LogP contribution in [0.15, 0.2) is 57.9 Å². The fourth-order valence-electron chi connectivity index (χ4n) is 2.99. The van der Waals surface area contributed by atoms with Crippen LogP contribution in [0.1, 0.15) is 41.6 Å². The molecule has 7 heteroatoms. The highest BCUT2D eigenvalue weighted by atomic mass is 79.9. The molecule has 0 aliphatic heterocycles. The average Bonchev–Trinajstić information content (AvgIpc) is 3.55. The molecule has 0 saturated heterocycles. The van der Waals surface area contributed by atoms with Gasteiger partial charge in [-0.25, -0.2) is 8.42 Å². The molecule has 2 aromatic carbocycles. The van der Waals surface area contributed by atoms with E-state index in [1.807, 2.05) is 12.1 Å². The fourth-order valence-corrected chi connectivity index (χ4v) is 5.63. The summed E-state index contributed by atoms with van der Waals surface area (Å²) >= 11 is 3.36. The maximum absolute atomic E-state index is 13.2. The van der Waals surface area contributed by atoms with Crippen LogP contribution in [0.3, 0.4) is 0 Å². The van der Waals surface area contributed by atoms with E-state index < -0.39 is 10.0 Å². The van der Waals surface area contributed by atoms with Gasteiger partial charge in [0.25, 0.3) is 5.91 Å². The Kier molecular flexibility index (Phi) is 5.09. The summed E-state index contributed by atoms with van der Waals surface area (Å²) in [4.78, 5) is 12.4. The second-order valence-electron chi connectivity index (χ2n) is 7.16. The monoisotopic (exact) mass is 448 g/mol. The van der Waals surface area contributed by atoms with Gasteiger partial charge in [-0.3, -0.25) is 4.79 Å². The largest absolute Gasteiger partial charge is 0.349 e. The molecule has 2 aromatic rings. The lowest BCUT2D eigenvalue weighted by molar-refractivity contribution is 0.0951. The fraction of sp³-hybridized carbons (Fsp3) is 0.350. The lowest BCUT2D eigenvalue weighted by Crippen LogP contribution is -2.33. The SMILES string of the molecule is O=C(NC1CC1)c1ccc(CN(C2CC2)S(=O)(=O)c2ccccc2Br)cc1. The number of hydrogen-bond donors (Lipinski definition) is 1. The van der Waals surface area contributed by atoms with E-state index in [1.54, 1.807) is 40.7 Å². The van der Waals surface area contributed by atoms with Crippen molar-refractivity contribution in [2.45, 2.75) is 49.2 Å². The van der Waals surface area contributed by atoms with Gasteiger partial charge in [-0.15, -0.1) is 0 Å². The third kappa shape index (κ3) is 4.25. The quantitative estimate of drug-likeness (QED) is 0.701. The number of nitrogens with zero attached hydrogens (tertiary/aromatic N) is 1. The van der Waals surface area contributed by atoms with Crippen LogP contribution in [0.4, 0.5) is 0 Å². The summed E-state index contributed by atoms with van der Waals surface area (Å²) < 4.78 is 28.5. The van der Waals surface area contributed by atoms with Gasteiger partial charge < -0.3 is 5.32 Å². The van der Waals surface area contributed by atoms with Crippen LogP contribution in [-0.4, -0.2) is 30.7 Å². The smallest absolute Gasteiger partial charge is 0.251 e. The van der Waals surface area contributed by atoms with E-state index in [0.717, 1.165) is 31.2 Å². The highest BCUT2D eigenvalue weighted by Gasteiger charge is 2.38. The van der Waals surface area contributed by atoms with Crippen molar-refractivity contribution < 1.29 is 13.2 Å².